The third-order valence-corrected chi connectivity index (χ3v) is 2.12. The Morgan fingerprint density at radius 2 is 1.80 bits per heavy atom. The molecule has 0 aromatic heterocycles. The van der Waals surface area contributed by atoms with Crippen LogP contribution in [0.15, 0.2) is 24.3 Å². The number of nitriles is 1. The van der Waals surface area contributed by atoms with Gasteiger partial charge < -0.3 is 15.5 Å². The van der Waals surface area contributed by atoms with Crippen LogP contribution in [-0.4, -0.2) is 29.5 Å². The Kier molecular flexibility index (Phi) is 4.78. The molecular weight excluding hydrogens is 192 g/mol. The van der Waals surface area contributed by atoms with Crippen molar-refractivity contribution >= 4 is 0 Å². The van der Waals surface area contributed by atoms with Gasteiger partial charge in [0.25, 0.3) is 0 Å². The van der Waals surface area contributed by atoms with Crippen LogP contribution in [0.4, 0.5) is 0 Å². The van der Waals surface area contributed by atoms with Crippen LogP contribution in [0.2, 0.25) is 0 Å². The molecule has 0 atom stereocenters. The summed E-state index contributed by atoms with van der Waals surface area (Å²) in [5.41, 5.74) is 1.64. The number of hydrogen-bond acceptors (Lipinski definition) is 4. The number of benzene rings is 1. The molecule has 1 rings (SSSR count). The van der Waals surface area contributed by atoms with Gasteiger partial charge in [0.05, 0.1) is 30.9 Å². The van der Waals surface area contributed by atoms with Gasteiger partial charge in [0.15, 0.2) is 0 Å². The first kappa shape index (κ1) is 11.7. The highest BCUT2D eigenvalue weighted by molar-refractivity contribution is 5.31. The Bertz CT molecular complexity index is 325. The van der Waals surface area contributed by atoms with Crippen molar-refractivity contribution in [2.75, 3.05) is 13.2 Å². The van der Waals surface area contributed by atoms with E-state index in [0.29, 0.717) is 12.1 Å². The molecule has 80 valence electrons. The van der Waals surface area contributed by atoms with Gasteiger partial charge in [0.1, 0.15) is 0 Å². The number of aliphatic hydroxyl groups is 2. The molecule has 0 aliphatic rings. The van der Waals surface area contributed by atoms with E-state index in [1.807, 2.05) is 18.2 Å². The van der Waals surface area contributed by atoms with Gasteiger partial charge in [0.2, 0.25) is 0 Å². The number of nitrogens with one attached hydrogen (secondary N) is 1. The highest BCUT2D eigenvalue weighted by Crippen LogP contribution is 2.03. The average molecular weight is 206 g/mol. The third kappa shape index (κ3) is 3.68. The molecule has 0 aliphatic carbocycles. The van der Waals surface area contributed by atoms with Crippen molar-refractivity contribution in [1.29, 1.82) is 5.26 Å². The third-order valence-electron chi connectivity index (χ3n) is 2.12. The molecule has 15 heavy (non-hydrogen) atoms. The highest BCUT2D eigenvalue weighted by Gasteiger charge is 2.03. The van der Waals surface area contributed by atoms with Crippen molar-refractivity contribution in [3.05, 3.63) is 35.4 Å². The lowest BCUT2D eigenvalue weighted by Gasteiger charge is -2.12. The first-order valence-corrected chi connectivity index (χ1v) is 4.74. The molecule has 0 unspecified atom stereocenters. The van der Waals surface area contributed by atoms with E-state index in [1.165, 1.54) is 0 Å². The van der Waals surface area contributed by atoms with E-state index in [2.05, 4.69) is 5.32 Å². The number of nitrogens with zero attached hydrogens (tertiary/aromatic N) is 1. The lowest BCUT2D eigenvalue weighted by molar-refractivity contribution is 0.170. The minimum Gasteiger partial charge on any atom is -0.395 e. The molecule has 0 saturated carbocycles. The van der Waals surface area contributed by atoms with E-state index >= 15 is 0 Å². The summed E-state index contributed by atoms with van der Waals surface area (Å²) >= 11 is 0. The fourth-order valence-corrected chi connectivity index (χ4v) is 1.15. The Hall–Kier alpha value is -1.41. The zero-order valence-corrected chi connectivity index (χ0v) is 8.35. The zero-order chi connectivity index (χ0) is 11.1. The van der Waals surface area contributed by atoms with Gasteiger partial charge in [-0.05, 0) is 17.7 Å². The molecule has 0 aliphatic heterocycles. The minimum absolute atomic E-state index is 0.0905. The molecule has 4 nitrogen and oxygen atoms in total. The number of rotatable bonds is 5. The Morgan fingerprint density at radius 3 is 2.27 bits per heavy atom. The van der Waals surface area contributed by atoms with Crippen LogP contribution < -0.4 is 5.32 Å². The average Bonchev–Trinajstić information content (AvgIpc) is 2.31. The van der Waals surface area contributed by atoms with Crippen LogP contribution in [0.3, 0.4) is 0 Å². The molecule has 0 saturated heterocycles. The fraction of sp³-hybridized carbons (Fsp3) is 0.364. The minimum atomic E-state index is -0.291. The Labute approximate surface area is 88.8 Å². The molecule has 1 aromatic rings. The molecule has 0 amide bonds. The maximum absolute atomic E-state index is 8.82. The normalized spacial score (nSPS) is 10.3. The quantitative estimate of drug-likeness (QED) is 0.634. The predicted molar refractivity (Wildman–Crippen MR) is 56.0 cm³/mol. The summed E-state index contributed by atoms with van der Waals surface area (Å²) in [6.45, 7) is 0.386. The van der Waals surface area contributed by atoms with Crippen molar-refractivity contribution in [2.24, 2.45) is 0 Å². The van der Waals surface area contributed by atoms with Crippen molar-refractivity contribution in [3.8, 4) is 6.07 Å². The lowest BCUT2D eigenvalue weighted by atomic mass is 10.1. The van der Waals surface area contributed by atoms with Crippen LogP contribution >= 0.6 is 0 Å². The number of aliphatic hydroxyl groups excluding tert-OH is 2. The van der Waals surface area contributed by atoms with Gasteiger partial charge in [-0.3, -0.25) is 0 Å². The SMILES string of the molecule is N#Cc1ccc(CNC(CO)CO)cc1. The van der Waals surface area contributed by atoms with Crippen LogP contribution in [0.1, 0.15) is 11.1 Å². The molecule has 0 spiro atoms. The summed E-state index contributed by atoms with van der Waals surface area (Å²) < 4.78 is 0. The molecule has 0 radical (unpaired) electrons. The first-order chi connectivity index (χ1) is 7.30. The first-order valence-electron chi connectivity index (χ1n) is 4.74. The standard InChI is InChI=1S/C11H14N2O2/c12-5-9-1-3-10(4-2-9)6-13-11(7-14)8-15/h1-4,11,13-15H,6-8H2. The molecule has 3 N–H and O–H groups in total. The fourth-order valence-electron chi connectivity index (χ4n) is 1.15. The van der Waals surface area contributed by atoms with Gasteiger partial charge in [0, 0.05) is 6.54 Å². The van der Waals surface area contributed by atoms with E-state index in [1.54, 1.807) is 12.1 Å². The molecule has 0 heterocycles. The summed E-state index contributed by atoms with van der Waals surface area (Å²) in [5, 5.41) is 29.2. The van der Waals surface area contributed by atoms with Crippen LogP contribution in [0.25, 0.3) is 0 Å². The lowest BCUT2D eigenvalue weighted by Crippen LogP contribution is -2.35. The largest absolute Gasteiger partial charge is 0.395 e. The molecule has 1 aromatic carbocycles. The Morgan fingerprint density at radius 1 is 1.20 bits per heavy atom. The molecule has 4 heteroatoms. The van der Waals surface area contributed by atoms with Crippen LogP contribution in [-0.2, 0) is 6.54 Å². The summed E-state index contributed by atoms with van der Waals surface area (Å²) in [4.78, 5) is 0. The van der Waals surface area contributed by atoms with Crippen LogP contribution in [0.5, 0.6) is 0 Å². The Balaban J connectivity index is 2.48. The smallest absolute Gasteiger partial charge is 0.0991 e. The molecular formula is C11H14N2O2. The van der Waals surface area contributed by atoms with Gasteiger partial charge in [-0.25, -0.2) is 0 Å². The van der Waals surface area contributed by atoms with Gasteiger partial charge >= 0.3 is 0 Å². The van der Waals surface area contributed by atoms with E-state index in [0.717, 1.165) is 5.56 Å². The summed E-state index contributed by atoms with van der Waals surface area (Å²) in [5.74, 6) is 0. The molecule has 0 bridgehead atoms. The van der Waals surface area contributed by atoms with Crippen molar-refractivity contribution in [2.45, 2.75) is 12.6 Å². The second kappa shape index (κ2) is 6.14. The highest BCUT2D eigenvalue weighted by atomic mass is 16.3. The van der Waals surface area contributed by atoms with E-state index in [9.17, 15) is 0 Å². The van der Waals surface area contributed by atoms with Crippen molar-refractivity contribution in [3.63, 3.8) is 0 Å². The maximum Gasteiger partial charge on any atom is 0.0991 e. The van der Waals surface area contributed by atoms with Crippen molar-refractivity contribution < 1.29 is 10.2 Å². The zero-order valence-electron chi connectivity index (χ0n) is 8.35. The van der Waals surface area contributed by atoms with Crippen LogP contribution in [0, 0.1) is 11.3 Å². The monoisotopic (exact) mass is 206 g/mol. The summed E-state index contributed by atoms with van der Waals surface area (Å²) in [6, 6.07) is 8.92. The van der Waals surface area contributed by atoms with Gasteiger partial charge in [-0.2, -0.15) is 5.26 Å². The molecule has 0 fully saturated rings. The second-order valence-electron chi connectivity index (χ2n) is 3.25. The van der Waals surface area contributed by atoms with E-state index in [4.69, 9.17) is 15.5 Å². The maximum atomic E-state index is 8.82. The van der Waals surface area contributed by atoms with Crippen molar-refractivity contribution in [1.82, 2.24) is 5.32 Å². The number of hydrogen-bond donors (Lipinski definition) is 3. The second-order valence-corrected chi connectivity index (χ2v) is 3.25. The van der Waals surface area contributed by atoms with E-state index < -0.39 is 0 Å². The topological polar surface area (TPSA) is 76.3 Å². The summed E-state index contributed by atoms with van der Waals surface area (Å²) in [7, 11) is 0. The van der Waals surface area contributed by atoms with E-state index in [-0.39, 0.29) is 19.3 Å². The predicted octanol–water partition coefficient (Wildman–Crippen LogP) is 0.00108. The van der Waals surface area contributed by atoms with Gasteiger partial charge in [-0.1, -0.05) is 12.1 Å². The van der Waals surface area contributed by atoms with Gasteiger partial charge in [-0.15, -0.1) is 0 Å². The summed E-state index contributed by atoms with van der Waals surface area (Å²) in [6.07, 6.45) is 0.